The van der Waals surface area contributed by atoms with E-state index in [-0.39, 0.29) is 29.3 Å². The Morgan fingerprint density at radius 3 is 3.00 bits per heavy atom. The first kappa shape index (κ1) is 12.0. The van der Waals surface area contributed by atoms with Gasteiger partial charge in [-0.1, -0.05) is 25.2 Å². The molecule has 3 aliphatic rings. The highest BCUT2D eigenvalue weighted by molar-refractivity contribution is 5.91. The number of esters is 1. The predicted octanol–water partition coefficient (Wildman–Crippen LogP) is 2.21. The van der Waals surface area contributed by atoms with Crippen LogP contribution in [0.1, 0.15) is 33.1 Å². The minimum atomic E-state index is -0.499. The van der Waals surface area contributed by atoms with Crippen molar-refractivity contribution in [2.75, 3.05) is 0 Å². The van der Waals surface area contributed by atoms with Crippen LogP contribution in [0.5, 0.6) is 0 Å². The summed E-state index contributed by atoms with van der Waals surface area (Å²) >= 11 is 0. The van der Waals surface area contributed by atoms with E-state index in [1.54, 1.807) is 0 Å². The van der Waals surface area contributed by atoms with Crippen LogP contribution in [0.15, 0.2) is 23.8 Å². The molecule has 0 bridgehead atoms. The van der Waals surface area contributed by atoms with E-state index in [1.165, 1.54) is 5.57 Å². The normalized spacial score (nSPS) is 47.2. The molecule has 0 amide bonds. The summed E-state index contributed by atoms with van der Waals surface area (Å²) in [4.78, 5) is 11.7. The highest BCUT2D eigenvalue weighted by atomic mass is 16.6. The topological polar surface area (TPSA) is 46.5 Å². The van der Waals surface area contributed by atoms with Crippen molar-refractivity contribution in [3.05, 3.63) is 23.8 Å². The van der Waals surface area contributed by atoms with Crippen molar-refractivity contribution < 1.29 is 14.6 Å². The van der Waals surface area contributed by atoms with Gasteiger partial charge in [-0.3, -0.25) is 0 Å². The molecule has 2 aliphatic carbocycles. The molecule has 98 valence electrons. The smallest absolute Gasteiger partial charge is 0.334 e. The summed E-state index contributed by atoms with van der Waals surface area (Å²) in [5.74, 6) is -0.299. The number of hydrogen-bond donors (Lipinski definition) is 1. The van der Waals surface area contributed by atoms with E-state index in [0.717, 1.165) is 19.3 Å². The maximum atomic E-state index is 11.7. The van der Waals surface area contributed by atoms with Crippen LogP contribution in [-0.2, 0) is 9.53 Å². The van der Waals surface area contributed by atoms with Crippen molar-refractivity contribution in [3.8, 4) is 0 Å². The Labute approximate surface area is 108 Å². The van der Waals surface area contributed by atoms with Crippen LogP contribution >= 0.6 is 0 Å². The van der Waals surface area contributed by atoms with Gasteiger partial charge in [-0.05, 0) is 31.6 Å². The fourth-order valence-corrected chi connectivity index (χ4v) is 4.28. The van der Waals surface area contributed by atoms with E-state index in [1.807, 2.05) is 0 Å². The number of carbonyl (C=O) groups excluding carboxylic acids is 1. The molecule has 1 saturated heterocycles. The third-order valence-electron chi connectivity index (χ3n) is 5.10. The number of hydrogen-bond acceptors (Lipinski definition) is 3. The highest BCUT2D eigenvalue weighted by Gasteiger charge is 2.57. The maximum Gasteiger partial charge on any atom is 0.334 e. The van der Waals surface area contributed by atoms with Gasteiger partial charge in [-0.25, -0.2) is 4.79 Å². The van der Waals surface area contributed by atoms with Crippen molar-refractivity contribution in [1.29, 1.82) is 0 Å². The van der Waals surface area contributed by atoms with E-state index in [0.29, 0.717) is 5.57 Å². The second-order valence-electron chi connectivity index (χ2n) is 6.31. The van der Waals surface area contributed by atoms with Gasteiger partial charge >= 0.3 is 5.97 Å². The molecule has 1 aliphatic heterocycles. The number of fused-ring (bicyclic) bond motifs is 3. The molecule has 0 aromatic rings. The Bertz CT molecular complexity index is 451. The van der Waals surface area contributed by atoms with Crippen molar-refractivity contribution in [2.45, 2.75) is 45.3 Å². The first-order chi connectivity index (χ1) is 8.44. The van der Waals surface area contributed by atoms with Gasteiger partial charge in [0.1, 0.15) is 6.10 Å². The molecule has 0 spiro atoms. The van der Waals surface area contributed by atoms with Crippen LogP contribution < -0.4 is 0 Å². The molecular weight excluding hydrogens is 228 g/mol. The first-order valence-electron chi connectivity index (χ1n) is 6.68. The minimum Gasteiger partial charge on any atom is -0.458 e. The SMILES string of the molecule is C=C1C(=O)OC2C1C(O)CC1(C)CCC=C(C)C21. The summed E-state index contributed by atoms with van der Waals surface area (Å²) in [6, 6.07) is 0. The maximum absolute atomic E-state index is 11.7. The number of allylic oxidation sites excluding steroid dienone is 1. The van der Waals surface area contributed by atoms with Crippen LogP contribution in [0.4, 0.5) is 0 Å². The molecular formula is C15H20O3. The molecule has 3 nitrogen and oxygen atoms in total. The van der Waals surface area contributed by atoms with Crippen molar-refractivity contribution >= 4 is 5.97 Å². The van der Waals surface area contributed by atoms with Crippen LogP contribution in [-0.4, -0.2) is 23.3 Å². The lowest BCUT2D eigenvalue weighted by Gasteiger charge is -2.50. The zero-order valence-electron chi connectivity index (χ0n) is 11.0. The molecule has 1 N–H and O–H groups in total. The zero-order valence-corrected chi connectivity index (χ0v) is 11.0. The third-order valence-corrected chi connectivity index (χ3v) is 5.10. The fraction of sp³-hybridized carbons (Fsp3) is 0.667. The second kappa shape index (κ2) is 3.70. The average molecular weight is 248 g/mol. The third kappa shape index (κ3) is 1.43. The van der Waals surface area contributed by atoms with Crippen LogP contribution in [0.25, 0.3) is 0 Å². The van der Waals surface area contributed by atoms with Gasteiger partial charge < -0.3 is 9.84 Å². The summed E-state index contributed by atoms with van der Waals surface area (Å²) < 4.78 is 5.51. The summed E-state index contributed by atoms with van der Waals surface area (Å²) in [7, 11) is 0. The van der Waals surface area contributed by atoms with Gasteiger partial charge in [-0.2, -0.15) is 0 Å². The quantitative estimate of drug-likeness (QED) is 0.406. The van der Waals surface area contributed by atoms with Crippen LogP contribution in [0.3, 0.4) is 0 Å². The van der Waals surface area contributed by atoms with Gasteiger partial charge in [0.05, 0.1) is 12.0 Å². The molecule has 2 fully saturated rings. The van der Waals surface area contributed by atoms with Gasteiger partial charge in [0.15, 0.2) is 0 Å². The molecule has 3 heteroatoms. The monoisotopic (exact) mass is 248 g/mol. The first-order valence-corrected chi connectivity index (χ1v) is 6.68. The van der Waals surface area contributed by atoms with Crippen molar-refractivity contribution in [3.63, 3.8) is 0 Å². The molecule has 0 aromatic carbocycles. The van der Waals surface area contributed by atoms with Gasteiger partial charge in [0, 0.05) is 11.5 Å². The lowest BCUT2D eigenvalue weighted by molar-refractivity contribution is -0.148. The Hall–Kier alpha value is -1.09. The number of carbonyl (C=O) groups is 1. The van der Waals surface area contributed by atoms with Gasteiger partial charge in [0.25, 0.3) is 0 Å². The van der Waals surface area contributed by atoms with Gasteiger partial charge in [0.2, 0.25) is 0 Å². The molecule has 0 radical (unpaired) electrons. The molecule has 5 atom stereocenters. The average Bonchev–Trinajstić information content (AvgIpc) is 2.54. The lowest BCUT2D eigenvalue weighted by atomic mass is 9.55. The minimum absolute atomic E-state index is 0.0459. The second-order valence-corrected chi connectivity index (χ2v) is 6.31. The molecule has 5 unspecified atom stereocenters. The Kier molecular flexibility index (Phi) is 2.46. The Morgan fingerprint density at radius 2 is 2.28 bits per heavy atom. The molecule has 1 saturated carbocycles. The standard InChI is InChI=1S/C15H20O3/c1-8-5-4-6-15(3)7-10(16)11-9(2)14(17)18-13(11)12(8)15/h5,10-13,16H,2,4,6-7H2,1,3H3. The van der Waals surface area contributed by atoms with E-state index in [4.69, 9.17) is 4.74 Å². The summed E-state index contributed by atoms with van der Waals surface area (Å²) in [6.07, 6.45) is 4.38. The van der Waals surface area contributed by atoms with Crippen LogP contribution in [0, 0.1) is 17.3 Å². The number of aliphatic hydroxyl groups is 1. The lowest BCUT2D eigenvalue weighted by Crippen LogP contribution is -2.51. The number of rotatable bonds is 0. The Balaban J connectivity index is 2.05. The molecule has 18 heavy (non-hydrogen) atoms. The van der Waals surface area contributed by atoms with E-state index < -0.39 is 6.10 Å². The zero-order chi connectivity index (χ0) is 13.1. The van der Waals surface area contributed by atoms with E-state index >= 15 is 0 Å². The molecule has 0 aromatic heterocycles. The number of ether oxygens (including phenoxy) is 1. The molecule has 1 heterocycles. The summed E-state index contributed by atoms with van der Waals surface area (Å²) in [5.41, 5.74) is 1.80. The summed E-state index contributed by atoms with van der Waals surface area (Å²) in [6.45, 7) is 8.13. The molecule has 3 rings (SSSR count). The van der Waals surface area contributed by atoms with Crippen LogP contribution in [0.2, 0.25) is 0 Å². The van der Waals surface area contributed by atoms with E-state index in [2.05, 4.69) is 26.5 Å². The predicted molar refractivity (Wildman–Crippen MR) is 67.7 cm³/mol. The van der Waals surface area contributed by atoms with Crippen molar-refractivity contribution in [2.24, 2.45) is 17.3 Å². The Morgan fingerprint density at radius 1 is 1.56 bits per heavy atom. The largest absolute Gasteiger partial charge is 0.458 e. The van der Waals surface area contributed by atoms with Gasteiger partial charge in [-0.15, -0.1) is 0 Å². The van der Waals surface area contributed by atoms with Crippen molar-refractivity contribution in [1.82, 2.24) is 0 Å². The van der Waals surface area contributed by atoms with E-state index in [9.17, 15) is 9.90 Å². The highest BCUT2D eigenvalue weighted by Crippen LogP contribution is 2.56. The summed E-state index contributed by atoms with van der Waals surface area (Å²) in [5, 5.41) is 10.3. The fourth-order valence-electron chi connectivity index (χ4n) is 4.28. The number of aliphatic hydroxyl groups excluding tert-OH is 1.